The minimum Gasteiger partial charge on any atom is -0.352 e. The van der Waals surface area contributed by atoms with Crippen molar-refractivity contribution in [2.45, 2.75) is 13.8 Å². The van der Waals surface area contributed by atoms with Crippen LogP contribution < -0.4 is 16.6 Å². The van der Waals surface area contributed by atoms with E-state index in [-0.39, 0.29) is 22.8 Å². The molecule has 0 fully saturated rings. The lowest BCUT2D eigenvalue weighted by Gasteiger charge is -2.08. The molecular weight excluding hydrogens is 236 g/mol. The zero-order valence-corrected chi connectivity index (χ0v) is 10.3. The Bertz CT molecular complexity index is 460. The predicted molar refractivity (Wildman–Crippen MR) is 68.1 cm³/mol. The zero-order valence-electron chi connectivity index (χ0n) is 10.3. The molecule has 98 valence electrons. The van der Waals surface area contributed by atoms with Crippen LogP contribution in [0.1, 0.15) is 24.2 Å². The maximum Gasteiger partial charge on any atom is 0.294 e. The summed E-state index contributed by atoms with van der Waals surface area (Å²) in [6, 6.07) is 4.09. The number of nitrogens with one attached hydrogen (secondary N) is 2. The molecule has 0 atom stereocenters. The Morgan fingerprint density at radius 1 is 1.50 bits per heavy atom. The fraction of sp³-hybridized carbons (Fsp3) is 0.364. The number of nitro benzene ring substituents is 1. The van der Waals surface area contributed by atoms with Crippen LogP contribution in [0.15, 0.2) is 18.2 Å². The lowest BCUT2D eigenvalue weighted by molar-refractivity contribution is -0.384. The van der Waals surface area contributed by atoms with Crippen molar-refractivity contribution in [3.8, 4) is 0 Å². The van der Waals surface area contributed by atoms with Gasteiger partial charge in [0.15, 0.2) is 0 Å². The number of anilines is 1. The number of nitro groups is 1. The summed E-state index contributed by atoms with van der Waals surface area (Å²) in [6.07, 6.45) is 0. The standard InChI is InChI=1S/C11H16N4O3/c1-7(2)6-13-11(16)8-3-4-9(14-12)10(5-8)15(17)18/h3-5,7,14H,6,12H2,1-2H3,(H,13,16). The summed E-state index contributed by atoms with van der Waals surface area (Å²) in [5, 5.41) is 13.5. The maximum absolute atomic E-state index is 11.7. The highest BCUT2D eigenvalue weighted by molar-refractivity contribution is 5.95. The molecule has 0 aliphatic heterocycles. The van der Waals surface area contributed by atoms with Crippen molar-refractivity contribution in [1.82, 2.24) is 5.32 Å². The predicted octanol–water partition coefficient (Wildman–Crippen LogP) is 1.27. The van der Waals surface area contributed by atoms with Crippen LogP contribution in [-0.4, -0.2) is 17.4 Å². The second-order valence-electron chi connectivity index (χ2n) is 4.24. The first-order valence-electron chi connectivity index (χ1n) is 5.49. The summed E-state index contributed by atoms with van der Waals surface area (Å²) in [5.74, 6) is 5.13. The van der Waals surface area contributed by atoms with Gasteiger partial charge in [0, 0.05) is 18.2 Å². The van der Waals surface area contributed by atoms with Crippen molar-refractivity contribution >= 4 is 17.3 Å². The molecule has 0 saturated carbocycles. The number of carbonyl (C=O) groups is 1. The third kappa shape index (κ3) is 3.42. The average molecular weight is 252 g/mol. The number of hydrazine groups is 1. The van der Waals surface area contributed by atoms with E-state index in [9.17, 15) is 14.9 Å². The number of amides is 1. The molecule has 0 aliphatic rings. The molecule has 4 N–H and O–H groups in total. The van der Waals surface area contributed by atoms with Gasteiger partial charge in [-0.25, -0.2) is 0 Å². The van der Waals surface area contributed by atoms with Crippen LogP contribution >= 0.6 is 0 Å². The van der Waals surface area contributed by atoms with E-state index in [0.29, 0.717) is 12.5 Å². The second kappa shape index (κ2) is 5.97. The Balaban J connectivity index is 2.94. The van der Waals surface area contributed by atoms with Crippen LogP contribution in [0.2, 0.25) is 0 Å². The highest BCUT2D eigenvalue weighted by Crippen LogP contribution is 2.24. The van der Waals surface area contributed by atoms with E-state index < -0.39 is 4.92 Å². The molecule has 0 spiro atoms. The number of nitrogens with zero attached hydrogens (tertiary/aromatic N) is 1. The first kappa shape index (κ1) is 13.9. The van der Waals surface area contributed by atoms with Gasteiger partial charge < -0.3 is 10.7 Å². The topological polar surface area (TPSA) is 110 Å². The number of nitrogens with two attached hydrogens (primary N) is 1. The van der Waals surface area contributed by atoms with Crippen LogP contribution in [0.3, 0.4) is 0 Å². The summed E-state index contributed by atoms with van der Waals surface area (Å²) in [7, 11) is 0. The van der Waals surface area contributed by atoms with Gasteiger partial charge in [-0.15, -0.1) is 0 Å². The summed E-state index contributed by atoms with van der Waals surface area (Å²) in [4.78, 5) is 21.9. The molecule has 0 aromatic heterocycles. The summed E-state index contributed by atoms with van der Waals surface area (Å²) >= 11 is 0. The largest absolute Gasteiger partial charge is 0.352 e. The minimum absolute atomic E-state index is 0.167. The van der Waals surface area contributed by atoms with Gasteiger partial charge in [-0.3, -0.25) is 20.8 Å². The number of nitrogen functional groups attached to an aromatic ring is 1. The Hall–Kier alpha value is -2.15. The number of hydrogen-bond acceptors (Lipinski definition) is 5. The Labute approximate surface area is 104 Å². The van der Waals surface area contributed by atoms with E-state index in [4.69, 9.17) is 5.84 Å². The van der Waals surface area contributed by atoms with Crippen molar-refractivity contribution in [3.63, 3.8) is 0 Å². The van der Waals surface area contributed by atoms with Crippen LogP contribution in [0.5, 0.6) is 0 Å². The molecule has 1 rings (SSSR count). The normalized spacial score (nSPS) is 10.2. The number of hydrogen-bond donors (Lipinski definition) is 3. The minimum atomic E-state index is -0.589. The van der Waals surface area contributed by atoms with Crippen LogP contribution in [0, 0.1) is 16.0 Å². The molecule has 0 bridgehead atoms. The van der Waals surface area contributed by atoms with E-state index in [2.05, 4.69) is 10.7 Å². The van der Waals surface area contributed by atoms with Gasteiger partial charge in [-0.1, -0.05) is 13.8 Å². The highest BCUT2D eigenvalue weighted by Gasteiger charge is 2.16. The first-order chi connectivity index (χ1) is 8.45. The Morgan fingerprint density at radius 3 is 2.67 bits per heavy atom. The Kier molecular flexibility index (Phi) is 4.61. The van der Waals surface area contributed by atoms with E-state index in [0.717, 1.165) is 0 Å². The molecule has 7 heteroatoms. The van der Waals surface area contributed by atoms with E-state index in [1.807, 2.05) is 13.8 Å². The van der Waals surface area contributed by atoms with Crippen LogP contribution in [0.25, 0.3) is 0 Å². The number of rotatable bonds is 5. The quantitative estimate of drug-likeness (QED) is 0.415. The Morgan fingerprint density at radius 2 is 2.17 bits per heavy atom. The molecule has 0 saturated heterocycles. The van der Waals surface area contributed by atoms with Crippen LogP contribution in [-0.2, 0) is 0 Å². The molecule has 0 unspecified atom stereocenters. The van der Waals surface area contributed by atoms with E-state index >= 15 is 0 Å². The lowest BCUT2D eigenvalue weighted by Crippen LogP contribution is -2.27. The van der Waals surface area contributed by atoms with E-state index in [1.54, 1.807) is 0 Å². The summed E-state index contributed by atoms with van der Waals surface area (Å²) in [5.41, 5.74) is 2.40. The fourth-order valence-corrected chi connectivity index (χ4v) is 1.34. The van der Waals surface area contributed by atoms with Crippen molar-refractivity contribution in [3.05, 3.63) is 33.9 Å². The maximum atomic E-state index is 11.7. The molecule has 0 aliphatic carbocycles. The van der Waals surface area contributed by atoms with Crippen LogP contribution in [0.4, 0.5) is 11.4 Å². The summed E-state index contributed by atoms with van der Waals surface area (Å²) < 4.78 is 0. The molecule has 18 heavy (non-hydrogen) atoms. The van der Waals surface area contributed by atoms with Crippen molar-refractivity contribution in [1.29, 1.82) is 0 Å². The molecule has 1 amide bonds. The van der Waals surface area contributed by atoms with Gasteiger partial charge in [-0.2, -0.15) is 0 Å². The number of carbonyl (C=O) groups excluding carboxylic acids is 1. The highest BCUT2D eigenvalue weighted by atomic mass is 16.6. The third-order valence-corrected chi connectivity index (χ3v) is 2.28. The second-order valence-corrected chi connectivity index (χ2v) is 4.24. The fourth-order valence-electron chi connectivity index (χ4n) is 1.34. The SMILES string of the molecule is CC(C)CNC(=O)c1ccc(NN)c([N+](=O)[O-])c1. The third-order valence-electron chi connectivity index (χ3n) is 2.28. The molecular formula is C11H16N4O3. The van der Waals surface area contributed by atoms with Gasteiger partial charge in [0.25, 0.3) is 11.6 Å². The number of benzene rings is 1. The van der Waals surface area contributed by atoms with Gasteiger partial charge in [0.1, 0.15) is 5.69 Å². The van der Waals surface area contributed by atoms with Crippen molar-refractivity contribution < 1.29 is 9.72 Å². The average Bonchev–Trinajstić information content (AvgIpc) is 2.34. The molecule has 1 aromatic carbocycles. The lowest BCUT2D eigenvalue weighted by atomic mass is 10.1. The molecule has 1 aromatic rings. The monoisotopic (exact) mass is 252 g/mol. The molecule has 0 heterocycles. The van der Waals surface area contributed by atoms with Gasteiger partial charge >= 0.3 is 0 Å². The summed E-state index contributed by atoms with van der Waals surface area (Å²) in [6.45, 7) is 4.44. The smallest absolute Gasteiger partial charge is 0.294 e. The first-order valence-corrected chi connectivity index (χ1v) is 5.49. The molecule has 0 radical (unpaired) electrons. The van der Waals surface area contributed by atoms with Crippen molar-refractivity contribution in [2.24, 2.45) is 11.8 Å². The van der Waals surface area contributed by atoms with Gasteiger partial charge in [-0.05, 0) is 18.1 Å². The van der Waals surface area contributed by atoms with Crippen molar-refractivity contribution in [2.75, 3.05) is 12.0 Å². The van der Waals surface area contributed by atoms with Gasteiger partial charge in [0.05, 0.1) is 4.92 Å². The van der Waals surface area contributed by atoms with E-state index in [1.165, 1.54) is 18.2 Å². The van der Waals surface area contributed by atoms with Gasteiger partial charge in [0.2, 0.25) is 0 Å². The molecule has 7 nitrogen and oxygen atoms in total. The zero-order chi connectivity index (χ0) is 13.7.